The maximum atomic E-state index is 12.1. The van der Waals surface area contributed by atoms with E-state index in [1.54, 1.807) is 12.3 Å². The molecule has 7 nitrogen and oxygen atoms in total. The fraction of sp³-hybridized carbons (Fsp3) is 0.190. The molecule has 0 N–H and O–H groups in total. The third kappa shape index (κ3) is 4.07. The van der Waals surface area contributed by atoms with E-state index >= 15 is 0 Å². The summed E-state index contributed by atoms with van der Waals surface area (Å²) in [5.74, 6) is 1.73. The van der Waals surface area contributed by atoms with Crippen LogP contribution in [0.2, 0.25) is 0 Å². The van der Waals surface area contributed by atoms with E-state index in [-0.39, 0.29) is 6.61 Å². The summed E-state index contributed by atoms with van der Waals surface area (Å²) in [6.45, 7) is 5.90. The molecular weight excluding hydrogens is 390 g/mol. The Morgan fingerprint density at radius 2 is 2.17 bits per heavy atom. The van der Waals surface area contributed by atoms with Crippen LogP contribution in [0.25, 0.3) is 22.7 Å². The SMILES string of the molecule is Cc1cc(-n2c(C)cc(/C=C/C(=O)OCc3csc(-c4ccco4)n3)c2C)no1. The Bertz CT molecular complexity index is 1160. The van der Waals surface area contributed by atoms with E-state index in [9.17, 15) is 4.79 Å². The number of carbonyl (C=O) groups excluding carboxylic acids is 1. The van der Waals surface area contributed by atoms with Crippen LogP contribution in [-0.4, -0.2) is 20.7 Å². The molecule has 0 saturated carbocycles. The van der Waals surface area contributed by atoms with Crippen molar-refractivity contribution in [1.82, 2.24) is 14.7 Å². The third-order valence-corrected chi connectivity index (χ3v) is 5.27. The van der Waals surface area contributed by atoms with Crippen molar-refractivity contribution in [3.8, 4) is 16.6 Å². The molecule has 0 amide bonds. The number of hydrogen-bond donors (Lipinski definition) is 0. The van der Waals surface area contributed by atoms with Crippen molar-refractivity contribution >= 4 is 23.4 Å². The van der Waals surface area contributed by atoms with Crippen molar-refractivity contribution in [3.05, 3.63) is 70.4 Å². The number of aromatic nitrogens is 3. The van der Waals surface area contributed by atoms with Crippen LogP contribution in [0, 0.1) is 20.8 Å². The molecule has 8 heteroatoms. The molecule has 0 saturated heterocycles. The van der Waals surface area contributed by atoms with Crippen LogP contribution in [0.1, 0.15) is 28.4 Å². The van der Waals surface area contributed by atoms with Crippen LogP contribution >= 0.6 is 11.3 Å². The standard InChI is InChI=1S/C21H19N3O4S/c1-13-9-16(15(3)24(13)19-10-14(2)28-23-19)6-7-20(25)27-11-17-12-29-21(22-17)18-5-4-8-26-18/h4-10,12H,11H2,1-3H3/b7-6+. The quantitative estimate of drug-likeness (QED) is 0.334. The van der Waals surface area contributed by atoms with Crippen molar-refractivity contribution < 1.29 is 18.5 Å². The number of carbonyl (C=O) groups is 1. The highest BCUT2D eigenvalue weighted by atomic mass is 32.1. The second kappa shape index (κ2) is 7.92. The lowest BCUT2D eigenvalue weighted by Crippen LogP contribution is -2.01. The first kappa shape index (κ1) is 18.9. The van der Waals surface area contributed by atoms with Crippen molar-refractivity contribution in [1.29, 1.82) is 0 Å². The van der Waals surface area contributed by atoms with Crippen LogP contribution in [0.3, 0.4) is 0 Å². The molecule has 0 aliphatic rings. The van der Waals surface area contributed by atoms with Gasteiger partial charge in [0.1, 0.15) is 12.4 Å². The largest absolute Gasteiger partial charge is 0.462 e. The Hall–Kier alpha value is -3.39. The first-order valence-electron chi connectivity index (χ1n) is 8.97. The molecule has 0 spiro atoms. The Kier molecular flexibility index (Phi) is 5.18. The highest BCUT2D eigenvalue weighted by Crippen LogP contribution is 2.24. The predicted octanol–water partition coefficient (Wildman–Crippen LogP) is 4.86. The van der Waals surface area contributed by atoms with Crippen molar-refractivity contribution in [2.75, 3.05) is 0 Å². The molecule has 4 aromatic rings. The van der Waals surface area contributed by atoms with E-state index in [2.05, 4.69) is 10.1 Å². The number of aryl methyl sites for hydroxylation is 2. The van der Waals surface area contributed by atoms with Gasteiger partial charge in [0.05, 0.1) is 12.0 Å². The van der Waals surface area contributed by atoms with Gasteiger partial charge in [0.15, 0.2) is 16.6 Å². The average Bonchev–Trinajstić information content (AvgIpc) is 3.46. The summed E-state index contributed by atoms with van der Waals surface area (Å²) in [6.07, 6.45) is 4.76. The number of hydrogen-bond acceptors (Lipinski definition) is 7. The molecular formula is C21H19N3O4S. The third-order valence-electron chi connectivity index (χ3n) is 4.36. The van der Waals surface area contributed by atoms with E-state index in [0.29, 0.717) is 11.5 Å². The molecule has 0 aliphatic carbocycles. The summed E-state index contributed by atoms with van der Waals surface area (Å²) in [4.78, 5) is 16.5. The highest BCUT2D eigenvalue weighted by Gasteiger charge is 2.13. The zero-order valence-corrected chi connectivity index (χ0v) is 17.0. The Labute approximate surface area is 171 Å². The molecule has 148 valence electrons. The van der Waals surface area contributed by atoms with Crippen LogP contribution in [0.4, 0.5) is 0 Å². The van der Waals surface area contributed by atoms with Gasteiger partial charge in [-0.05, 0) is 50.6 Å². The Morgan fingerprint density at radius 1 is 1.31 bits per heavy atom. The number of nitrogens with zero attached hydrogens (tertiary/aromatic N) is 3. The molecule has 0 fully saturated rings. The summed E-state index contributed by atoms with van der Waals surface area (Å²) in [5.41, 5.74) is 3.55. The normalized spacial score (nSPS) is 11.4. The fourth-order valence-electron chi connectivity index (χ4n) is 3.01. The monoisotopic (exact) mass is 409 g/mol. The van der Waals surface area contributed by atoms with Gasteiger partial charge >= 0.3 is 5.97 Å². The molecule has 0 unspecified atom stereocenters. The lowest BCUT2D eigenvalue weighted by Gasteiger charge is -2.04. The molecule has 4 aromatic heterocycles. The topological polar surface area (TPSA) is 83.3 Å². The number of rotatable bonds is 6. The molecule has 4 rings (SSSR count). The average molecular weight is 409 g/mol. The first-order valence-corrected chi connectivity index (χ1v) is 9.85. The maximum Gasteiger partial charge on any atom is 0.331 e. The summed E-state index contributed by atoms with van der Waals surface area (Å²) in [5, 5.41) is 6.67. The smallest absolute Gasteiger partial charge is 0.331 e. The minimum absolute atomic E-state index is 0.109. The second-order valence-corrected chi connectivity index (χ2v) is 7.38. The van der Waals surface area contributed by atoms with E-state index in [0.717, 1.165) is 33.5 Å². The summed E-state index contributed by atoms with van der Waals surface area (Å²) >= 11 is 1.44. The predicted molar refractivity (Wildman–Crippen MR) is 109 cm³/mol. The molecule has 0 aliphatic heterocycles. The summed E-state index contributed by atoms with van der Waals surface area (Å²) in [7, 11) is 0. The van der Waals surface area contributed by atoms with Gasteiger partial charge in [0, 0.05) is 28.9 Å². The zero-order valence-electron chi connectivity index (χ0n) is 16.2. The number of furan rings is 1. The van der Waals surface area contributed by atoms with Crippen LogP contribution in [0.15, 0.2) is 50.9 Å². The highest BCUT2D eigenvalue weighted by molar-refractivity contribution is 7.13. The first-order chi connectivity index (χ1) is 14.0. The van der Waals surface area contributed by atoms with Gasteiger partial charge in [-0.25, -0.2) is 9.78 Å². The van der Waals surface area contributed by atoms with Crippen LogP contribution in [-0.2, 0) is 16.1 Å². The van der Waals surface area contributed by atoms with Gasteiger partial charge in [-0.15, -0.1) is 11.3 Å². The van der Waals surface area contributed by atoms with E-state index in [4.69, 9.17) is 13.7 Å². The molecule has 4 heterocycles. The van der Waals surface area contributed by atoms with Crippen LogP contribution < -0.4 is 0 Å². The second-order valence-electron chi connectivity index (χ2n) is 6.52. The lowest BCUT2D eigenvalue weighted by molar-refractivity contribution is -0.139. The molecule has 0 radical (unpaired) electrons. The van der Waals surface area contributed by atoms with Crippen molar-refractivity contribution in [2.45, 2.75) is 27.4 Å². The van der Waals surface area contributed by atoms with Gasteiger partial charge < -0.3 is 13.7 Å². The number of thiazole rings is 1. The van der Waals surface area contributed by atoms with Gasteiger partial charge in [0.2, 0.25) is 0 Å². The molecule has 0 aromatic carbocycles. The Morgan fingerprint density at radius 3 is 2.90 bits per heavy atom. The fourth-order valence-corrected chi connectivity index (χ4v) is 3.78. The van der Waals surface area contributed by atoms with Gasteiger partial charge in [0.25, 0.3) is 0 Å². The molecule has 29 heavy (non-hydrogen) atoms. The van der Waals surface area contributed by atoms with E-state index < -0.39 is 5.97 Å². The maximum absolute atomic E-state index is 12.1. The number of esters is 1. The Balaban J connectivity index is 1.40. The van der Waals surface area contributed by atoms with Gasteiger partial charge in [-0.2, -0.15) is 0 Å². The van der Waals surface area contributed by atoms with Crippen molar-refractivity contribution in [3.63, 3.8) is 0 Å². The number of ether oxygens (including phenoxy) is 1. The molecule has 0 atom stereocenters. The summed E-state index contributed by atoms with van der Waals surface area (Å²) in [6, 6.07) is 7.50. The minimum Gasteiger partial charge on any atom is -0.462 e. The van der Waals surface area contributed by atoms with Crippen LogP contribution in [0.5, 0.6) is 0 Å². The van der Waals surface area contributed by atoms with E-state index in [1.165, 1.54) is 17.4 Å². The van der Waals surface area contributed by atoms with E-state index in [1.807, 2.05) is 55.0 Å². The lowest BCUT2D eigenvalue weighted by atomic mass is 10.2. The molecule has 0 bridgehead atoms. The van der Waals surface area contributed by atoms with Gasteiger partial charge in [-0.3, -0.25) is 4.57 Å². The zero-order chi connectivity index (χ0) is 20.4. The summed E-state index contributed by atoms with van der Waals surface area (Å²) < 4.78 is 17.8. The minimum atomic E-state index is -0.431. The van der Waals surface area contributed by atoms with Crippen molar-refractivity contribution in [2.24, 2.45) is 0 Å². The van der Waals surface area contributed by atoms with Gasteiger partial charge in [-0.1, -0.05) is 5.16 Å².